The van der Waals surface area contributed by atoms with Crippen molar-refractivity contribution in [1.29, 1.82) is 5.26 Å². The quantitative estimate of drug-likeness (QED) is 0.850. The summed E-state index contributed by atoms with van der Waals surface area (Å²) >= 11 is 2.01. The zero-order valence-corrected chi connectivity index (χ0v) is 8.95. The maximum Gasteiger partial charge on any atom is 0.129 e. The van der Waals surface area contributed by atoms with Crippen LogP contribution < -0.4 is 5.73 Å². The van der Waals surface area contributed by atoms with E-state index in [1.807, 2.05) is 28.7 Å². The summed E-state index contributed by atoms with van der Waals surface area (Å²) in [6.07, 6.45) is 0.136. The zero-order chi connectivity index (χ0) is 9.84. The Morgan fingerprint density at radius 2 is 2.31 bits per heavy atom. The summed E-state index contributed by atoms with van der Waals surface area (Å²) in [5.74, 6) is -0.338. The molecule has 2 nitrogen and oxygen atoms in total. The summed E-state index contributed by atoms with van der Waals surface area (Å²) in [4.78, 5) is 0. The van der Waals surface area contributed by atoms with Crippen molar-refractivity contribution in [2.24, 2.45) is 5.73 Å². The van der Waals surface area contributed by atoms with Crippen molar-refractivity contribution in [2.75, 3.05) is 0 Å². The van der Waals surface area contributed by atoms with Crippen molar-refractivity contribution in [2.45, 2.75) is 12.5 Å². The van der Waals surface area contributed by atoms with E-state index in [2.05, 4.69) is 0 Å². The largest absolute Gasteiger partial charge is 0.323 e. The molecule has 0 heterocycles. The normalized spacial score (nSPS) is 12.2. The van der Waals surface area contributed by atoms with E-state index in [1.54, 1.807) is 12.1 Å². The molecular weight excluding hydrogens is 282 g/mol. The lowest BCUT2D eigenvalue weighted by Gasteiger charge is -2.10. The van der Waals surface area contributed by atoms with E-state index < -0.39 is 6.04 Å². The molecule has 0 bridgehead atoms. The van der Waals surface area contributed by atoms with Crippen molar-refractivity contribution in [3.05, 3.63) is 33.1 Å². The topological polar surface area (TPSA) is 49.8 Å². The fourth-order valence-electron chi connectivity index (χ4n) is 1.07. The van der Waals surface area contributed by atoms with Gasteiger partial charge in [0.25, 0.3) is 0 Å². The molecule has 1 aromatic carbocycles. The highest BCUT2D eigenvalue weighted by Crippen LogP contribution is 2.23. The Labute approximate surface area is 89.7 Å². The fourth-order valence-corrected chi connectivity index (χ4v) is 1.93. The molecular formula is C9H8FIN2. The molecule has 0 aliphatic carbocycles. The second-order valence-corrected chi connectivity index (χ2v) is 3.77. The molecule has 0 fully saturated rings. The first-order chi connectivity index (χ1) is 6.16. The smallest absolute Gasteiger partial charge is 0.129 e. The number of benzene rings is 1. The molecule has 13 heavy (non-hydrogen) atoms. The summed E-state index contributed by atoms with van der Waals surface area (Å²) in [5.41, 5.74) is 6.07. The van der Waals surface area contributed by atoms with Gasteiger partial charge < -0.3 is 5.73 Å². The summed E-state index contributed by atoms with van der Waals surface area (Å²) in [7, 11) is 0. The van der Waals surface area contributed by atoms with Crippen LogP contribution in [0.5, 0.6) is 0 Å². The number of rotatable bonds is 2. The minimum Gasteiger partial charge on any atom is -0.323 e. The molecule has 68 valence electrons. The van der Waals surface area contributed by atoms with Gasteiger partial charge in [0.1, 0.15) is 5.82 Å². The van der Waals surface area contributed by atoms with E-state index in [0.717, 1.165) is 3.57 Å². The molecule has 0 spiro atoms. The van der Waals surface area contributed by atoms with E-state index >= 15 is 0 Å². The van der Waals surface area contributed by atoms with Gasteiger partial charge in [0.2, 0.25) is 0 Å². The Morgan fingerprint density at radius 1 is 1.62 bits per heavy atom. The maximum absolute atomic E-state index is 13.2. The van der Waals surface area contributed by atoms with E-state index in [0.29, 0.717) is 5.56 Å². The van der Waals surface area contributed by atoms with Crippen LogP contribution in [0.1, 0.15) is 18.0 Å². The van der Waals surface area contributed by atoms with Crippen molar-refractivity contribution in [3.8, 4) is 6.07 Å². The Hall–Kier alpha value is -0.670. The Morgan fingerprint density at radius 3 is 2.85 bits per heavy atom. The van der Waals surface area contributed by atoms with Crippen molar-refractivity contribution in [3.63, 3.8) is 0 Å². The van der Waals surface area contributed by atoms with Crippen LogP contribution in [0.25, 0.3) is 0 Å². The van der Waals surface area contributed by atoms with E-state index in [4.69, 9.17) is 11.0 Å². The van der Waals surface area contributed by atoms with Crippen LogP contribution in [-0.2, 0) is 0 Å². The lowest BCUT2D eigenvalue weighted by atomic mass is 10.1. The molecule has 0 radical (unpaired) electrons. The average Bonchev–Trinajstić information content (AvgIpc) is 2.04. The van der Waals surface area contributed by atoms with Gasteiger partial charge >= 0.3 is 0 Å². The standard InChI is InChI=1S/C9H8FIN2/c10-6-2-1-3-7(11)9(6)8(13)4-5-12/h1-3,8H,4,13H2/t8-/m1/s1. The predicted octanol–water partition coefficient (Wildman–Crippen LogP) is 2.34. The minimum atomic E-state index is -0.530. The van der Waals surface area contributed by atoms with Gasteiger partial charge in [0.05, 0.1) is 12.5 Å². The molecule has 0 aliphatic heterocycles. The molecule has 0 unspecified atom stereocenters. The first kappa shape index (κ1) is 10.4. The van der Waals surface area contributed by atoms with Gasteiger partial charge in [0, 0.05) is 15.2 Å². The van der Waals surface area contributed by atoms with Crippen LogP contribution >= 0.6 is 22.6 Å². The second-order valence-electron chi connectivity index (χ2n) is 2.60. The Balaban J connectivity index is 3.06. The van der Waals surface area contributed by atoms with Gasteiger partial charge in [0.15, 0.2) is 0 Å². The third kappa shape index (κ3) is 2.39. The fraction of sp³-hybridized carbons (Fsp3) is 0.222. The monoisotopic (exact) mass is 290 g/mol. The molecule has 4 heteroatoms. The van der Waals surface area contributed by atoms with Gasteiger partial charge in [-0.15, -0.1) is 0 Å². The molecule has 0 aliphatic rings. The lowest BCUT2D eigenvalue weighted by Crippen LogP contribution is -2.12. The highest BCUT2D eigenvalue weighted by atomic mass is 127. The molecule has 0 saturated carbocycles. The average molecular weight is 290 g/mol. The number of hydrogen-bond acceptors (Lipinski definition) is 2. The first-order valence-corrected chi connectivity index (χ1v) is 4.81. The van der Waals surface area contributed by atoms with Crippen molar-refractivity contribution >= 4 is 22.6 Å². The van der Waals surface area contributed by atoms with Crippen LogP contribution in [0, 0.1) is 20.7 Å². The Bertz CT molecular complexity index is 326. The van der Waals surface area contributed by atoms with E-state index in [-0.39, 0.29) is 12.2 Å². The third-order valence-electron chi connectivity index (χ3n) is 1.68. The Kier molecular flexibility index (Phi) is 3.63. The van der Waals surface area contributed by atoms with Crippen LogP contribution in [0.2, 0.25) is 0 Å². The number of nitrogens with zero attached hydrogens (tertiary/aromatic N) is 1. The summed E-state index contributed by atoms with van der Waals surface area (Å²) in [6, 6.07) is 6.15. The van der Waals surface area contributed by atoms with Crippen LogP contribution in [0.3, 0.4) is 0 Å². The van der Waals surface area contributed by atoms with Gasteiger partial charge in [-0.1, -0.05) is 6.07 Å². The lowest BCUT2D eigenvalue weighted by molar-refractivity contribution is 0.582. The molecule has 1 atom stereocenters. The highest BCUT2D eigenvalue weighted by molar-refractivity contribution is 14.1. The van der Waals surface area contributed by atoms with Gasteiger partial charge in [-0.25, -0.2) is 4.39 Å². The predicted molar refractivity (Wildman–Crippen MR) is 56.3 cm³/mol. The number of nitriles is 1. The molecule has 0 aromatic heterocycles. The summed E-state index contributed by atoms with van der Waals surface area (Å²) < 4.78 is 14.0. The summed E-state index contributed by atoms with van der Waals surface area (Å²) in [5, 5.41) is 8.42. The molecule has 0 amide bonds. The molecule has 1 aromatic rings. The van der Waals surface area contributed by atoms with Crippen LogP contribution in [0.15, 0.2) is 18.2 Å². The third-order valence-corrected chi connectivity index (χ3v) is 2.62. The minimum absolute atomic E-state index is 0.136. The number of hydrogen-bond donors (Lipinski definition) is 1. The number of nitrogens with two attached hydrogens (primary N) is 1. The molecule has 2 N–H and O–H groups in total. The van der Waals surface area contributed by atoms with Crippen LogP contribution in [-0.4, -0.2) is 0 Å². The number of halogens is 2. The van der Waals surface area contributed by atoms with E-state index in [1.165, 1.54) is 6.07 Å². The SMILES string of the molecule is N#CC[C@@H](N)c1c(F)cccc1I. The molecule has 1 rings (SSSR count). The zero-order valence-electron chi connectivity index (χ0n) is 6.80. The van der Waals surface area contributed by atoms with Gasteiger partial charge in [-0.3, -0.25) is 0 Å². The summed E-state index contributed by atoms with van der Waals surface area (Å²) in [6.45, 7) is 0. The van der Waals surface area contributed by atoms with Gasteiger partial charge in [-0.05, 0) is 34.7 Å². The van der Waals surface area contributed by atoms with Crippen molar-refractivity contribution in [1.82, 2.24) is 0 Å². The van der Waals surface area contributed by atoms with Crippen molar-refractivity contribution < 1.29 is 4.39 Å². The van der Waals surface area contributed by atoms with E-state index in [9.17, 15) is 4.39 Å². The maximum atomic E-state index is 13.2. The molecule has 0 saturated heterocycles. The first-order valence-electron chi connectivity index (χ1n) is 3.73. The second kappa shape index (κ2) is 4.53. The highest BCUT2D eigenvalue weighted by Gasteiger charge is 2.13. The van der Waals surface area contributed by atoms with Gasteiger partial charge in [-0.2, -0.15) is 5.26 Å². The van der Waals surface area contributed by atoms with Crippen LogP contribution in [0.4, 0.5) is 4.39 Å².